The minimum atomic E-state index is -0.235. The van der Waals surface area contributed by atoms with Gasteiger partial charge in [0.25, 0.3) is 0 Å². The van der Waals surface area contributed by atoms with Gasteiger partial charge in [-0.15, -0.1) is 0 Å². The Morgan fingerprint density at radius 2 is 1.82 bits per heavy atom. The first-order chi connectivity index (χ1) is 13.8. The molecule has 2 aromatic rings. The zero-order valence-electron chi connectivity index (χ0n) is 16.3. The van der Waals surface area contributed by atoms with Crippen molar-refractivity contribution in [3.63, 3.8) is 0 Å². The van der Waals surface area contributed by atoms with Crippen LogP contribution in [0.5, 0.6) is 0 Å². The molecule has 2 heterocycles. The monoisotopic (exact) mass is 379 g/mol. The summed E-state index contributed by atoms with van der Waals surface area (Å²) in [4.78, 5) is 19.2. The number of benzene rings is 1. The molecule has 1 aliphatic carbocycles. The zero-order valence-corrected chi connectivity index (χ0v) is 16.3. The fraction of sp³-hybridized carbons (Fsp3) is 0.478. The highest BCUT2D eigenvalue weighted by Gasteiger charge is 2.29. The second kappa shape index (κ2) is 9.09. The third kappa shape index (κ3) is 4.64. The Labute approximate surface area is 167 Å². The maximum absolute atomic E-state index is 12.7. The van der Waals surface area contributed by atoms with Crippen LogP contribution in [0.2, 0.25) is 0 Å². The van der Waals surface area contributed by atoms with Crippen LogP contribution < -0.4 is 5.32 Å². The molecule has 1 atom stereocenters. The number of nitrogens with one attached hydrogen (secondary N) is 1. The van der Waals surface area contributed by atoms with Crippen LogP contribution in [-0.2, 0) is 11.3 Å². The van der Waals surface area contributed by atoms with Gasteiger partial charge in [-0.1, -0.05) is 49.2 Å². The minimum absolute atomic E-state index is 0.0463. The number of hydrogen-bond acceptors (Lipinski definition) is 4. The van der Waals surface area contributed by atoms with Gasteiger partial charge in [0.05, 0.1) is 6.04 Å². The molecule has 1 aromatic carbocycles. The number of anilines is 1. The van der Waals surface area contributed by atoms with Crippen LogP contribution in [0.1, 0.15) is 62.1 Å². The van der Waals surface area contributed by atoms with Gasteiger partial charge in [-0.25, -0.2) is 9.78 Å². The van der Waals surface area contributed by atoms with E-state index in [0.717, 1.165) is 42.8 Å². The van der Waals surface area contributed by atoms with Crippen LogP contribution in [0.15, 0.2) is 48.7 Å². The Kier molecular flexibility index (Phi) is 6.10. The Balaban J connectivity index is 1.39. The number of ether oxygens (including phenoxy) is 1. The van der Waals surface area contributed by atoms with Crippen molar-refractivity contribution >= 4 is 11.9 Å². The summed E-state index contributed by atoms with van der Waals surface area (Å²) < 4.78 is 5.59. The smallest absolute Gasteiger partial charge is 0.410 e. The molecule has 1 aromatic heterocycles. The van der Waals surface area contributed by atoms with E-state index in [-0.39, 0.29) is 12.1 Å². The SMILES string of the molecule is O=C(OCc1ccccc1)N1CCCC[C@@H]1c1ccc(NC2CCCC2)nc1. The van der Waals surface area contributed by atoms with Gasteiger partial charge in [-0.2, -0.15) is 0 Å². The lowest BCUT2D eigenvalue weighted by Crippen LogP contribution is -2.38. The zero-order chi connectivity index (χ0) is 19.2. The third-order valence-corrected chi connectivity index (χ3v) is 5.82. The number of nitrogens with zero attached hydrogens (tertiary/aromatic N) is 2. The second-order valence-electron chi connectivity index (χ2n) is 7.85. The van der Waals surface area contributed by atoms with Crippen molar-refractivity contribution in [2.45, 2.75) is 63.6 Å². The van der Waals surface area contributed by atoms with Gasteiger partial charge in [-0.3, -0.25) is 0 Å². The normalized spacial score (nSPS) is 20.1. The molecular weight excluding hydrogens is 350 g/mol. The Bertz CT molecular complexity index is 757. The molecule has 5 heteroatoms. The molecule has 5 nitrogen and oxygen atoms in total. The molecule has 148 valence electrons. The number of piperidine rings is 1. The molecule has 0 bridgehead atoms. The van der Waals surface area contributed by atoms with E-state index in [0.29, 0.717) is 12.6 Å². The average molecular weight is 380 g/mol. The van der Waals surface area contributed by atoms with Gasteiger partial charge >= 0.3 is 6.09 Å². The summed E-state index contributed by atoms with van der Waals surface area (Å²) in [5, 5.41) is 3.53. The lowest BCUT2D eigenvalue weighted by molar-refractivity contribution is 0.0678. The van der Waals surface area contributed by atoms with Crippen molar-refractivity contribution in [1.82, 2.24) is 9.88 Å². The van der Waals surface area contributed by atoms with E-state index in [1.165, 1.54) is 25.7 Å². The summed E-state index contributed by atoms with van der Waals surface area (Å²) in [7, 11) is 0. The second-order valence-corrected chi connectivity index (χ2v) is 7.85. The number of likely N-dealkylation sites (tertiary alicyclic amines) is 1. The van der Waals surface area contributed by atoms with E-state index < -0.39 is 0 Å². The summed E-state index contributed by atoms with van der Waals surface area (Å²) in [6, 6.07) is 14.6. The summed E-state index contributed by atoms with van der Waals surface area (Å²) in [5.41, 5.74) is 2.10. The first-order valence-electron chi connectivity index (χ1n) is 10.5. The van der Waals surface area contributed by atoms with E-state index in [2.05, 4.69) is 22.4 Å². The van der Waals surface area contributed by atoms with E-state index in [1.807, 2.05) is 41.4 Å². The van der Waals surface area contributed by atoms with Gasteiger partial charge in [0.15, 0.2) is 0 Å². The van der Waals surface area contributed by atoms with E-state index >= 15 is 0 Å². The molecule has 1 saturated carbocycles. The van der Waals surface area contributed by atoms with Crippen molar-refractivity contribution in [3.05, 3.63) is 59.8 Å². The van der Waals surface area contributed by atoms with Crippen molar-refractivity contribution < 1.29 is 9.53 Å². The largest absolute Gasteiger partial charge is 0.445 e. The Morgan fingerprint density at radius 1 is 1.04 bits per heavy atom. The van der Waals surface area contributed by atoms with Crippen molar-refractivity contribution in [2.24, 2.45) is 0 Å². The third-order valence-electron chi connectivity index (χ3n) is 5.82. The molecule has 1 N–H and O–H groups in total. The molecule has 4 rings (SSSR count). The molecule has 1 aliphatic heterocycles. The minimum Gasteiger partial charge on any atom is -0.445 e. The molecule has 0 spiro atoms. The van der Waals surface area contributed by atoms with Crippen molar-refractivity contribution in [3.8, 4) is 0 Å². The first kappa shape index (κ1) is 18.8. The van der Waals surface area contributed by atoms with E-state index in [4.69, 9.17) is 4.74 Å². The molecule has 28 heavy (non-hydrogen) atoms. The molecule has 0 radical (unpaired) electrons. The molecule has 2 aliphatic rings. The maximum atomic E-state index is 12.7. The van der Waals surface area contributed by atoms with Gasteiger partial charge in [0.2, 0.25) is 0 Å². The number of carbonyl (C=O) groups excluding carboxylic acids is 1. The lowest BCUT2D eigenvalue weighted by atomic mass is 9.97. The number of pyridine rings is 1. The van der Waals surface area contributed by atoms with Crippen LogP contribution in [0.4, 0.5) is 10.6 Å². The highest BCUT2D eigenvalue weighted by Crippen LogP contribution is 2.32. The Hall–Kier alpha value is -2.56. The molecule has 1 saturated heterocycles. The van der Waals surface area contributed by atoms with Gasteiger partial charge < -0.3 is 15.0 Å². The standard InChI is InChI=1S/C23H29N3O2/c27-23(28-17-18-8-2-1-3-9-18)26-15-7-6-12-21(26)19-13-14-22(24-16-19)25-20-10-4-5-11-20/h1-3,8-9,13-14,16,20-21H,4-7,10-12,15,17H2,(H,24,25)/t21-/m1/s1. The van der Waals surface area contributed by atoms with Crippen molar-refractivity contribution in [1.29, 1.82) is 0 Å². The van der Waals surface area contributed by atoms with Crippen LogP contribution in [0.25, 0.3) is 0 Å². The fourth-order valence-corrected chi connectivity index (χ4v) is 4.27. The van der Waals surface area contributed by atoms with Crippen molar-refractivity contribution in [2.75, 3.05) is 11.9 Å². The fourth-order valence-electron chi connectivity index (χ4n) is 4.27. The highest BCUT2D eigenvalue weighted by atomic mass is 16.6. The molecule has 1 amide bonds. The lowest BCUT2D eigenvalue weighted by Gasteiger charge is -2.35. The van der Waals surface area contributed by atoms with Gasteiger partial charge in [0.1, 0.15) is 12.4 Å². The van der Waals surface area contributed by atoms with Gasteiger partial charge in [-0.05, 0) is 49.3 Å². The summed E-state index contributed by atoms with van der Waals surface area (Å²) in [6.45, 7) is 1.05. The number of aromatic nitrogens is 1. The average Bonchev–Trinajstić information content (AvgIpc) is 3.26. The van der Waals surface area contributed by atoms with Crippen LogP contribution in [0.3, 0.4) is 0 Å². The number of carbonyl (C=O) groups is 1. The summed E-state index contributed by atoms with van der Waals surface area (Å²) >= 11 is 0. The van der Waals surface area contributed by atoms with Crippen LogP contribution in [0, 0.1) is 0 Å². The molecular formula is C23H29N3O2. The number of rotatable bonds is 5. The highest BCUT2D eigenvalue weighted by molar-refractivity contribution is 5.68. The van der Waals surface area contributed by atoms with E-state index in [1.54, 1.807) is 0 Å². The van der Waals surface area contributed by atoms with Crippen LogP contribution in [-0.4, -0.2) is 28.6 Å². The maximum Gasteiger partial charge on any atom is 0.410 e. The van der Waals surface area contributed by atoms with Gasteiger partial charge in [0, 0.05) is 18.8 Å². The summed E-state index contributed by atoms with van der Waals surface area (Å²) in [5.74, 6) is 0.935. The summed E-state index contributed by atoms with van der Waals surface area (Å²) in [6.07, 6.45) is 9.85. The molecule has 0 unspecified atom stereocenters. The topological polar surface area (TPSA) is 54.5 Å². The predicted molar refractivity (Wildman–Crippen MR) is 110 cm³/mol. The number of amides is 1. The first-order valence-corrected chi connectivity index (χ1v) is 10.5. The van der Waals surface area contributed by atoms with E-state index in [9.17, 15) is 4.79 Å². The van der Waals surface area contributed by atoms with Crippen LogP contribution >= 0.6 is 0 Å². The number of hydrogen-bond donors (Lipinski definition) is 1. The molecule has 2 fully saturated rings. The predicted octanol–water partition coefficient (Wildman–Crippen LogP) is 5.30. The quantitative estimate of drug-likeness (QED) is 0.766. The Morgan fingerprint density at radius 3 is 2.57 bits per heavy atom.